The van der Waals surface area contributed by atoms with Gasteiger partial charge < -0.3 is 15.0 Å². The third-order valence-electron chi connectivity index (χ3n) is 7.60. The van der Waals surface area contributed by atoms with Crippen molar-refractivity contribution in [1.29, 1.82) is 0 Å². The highest BCUT2D eigenvalue weighted by molar-refractivity contribution is 6.09. The maximum Gasteiger partial charge on any atom is 0.325 e. The first-order valence-electron chi connectivity index (χ1n) is 12.0. The van der Waals surface area contributed by atoms with Crippen LogP contribution in [0, 0.1) is 5.92 Å². The molecule has 0 radical (unpaired) electrons. The minimum Gasteiger partial charge on any atom is -0.496 e. The number of hydrogen-bond donors (Lipinski definition) is 1. The van der Waals surface area contributed by atoms with E-state index in [0.29, 0.717) is 31.7 Å². The number of fused-ring (bicyclic) bond motifs is 1. The summed E-state index contributed by atoms with van der Waals surface area (Å²) in [6.45, 7) is 2.29. The zero-order chi connectivity index (χ0) is 23.9. The largest absolute Gasteiger partial charge is 0.496 e. The number of aryl methyl sites for hydroxylation is 1. The smallest absolute Gasteiger partial charge is 0.325 e. The molecule has 2 unspecified atom stereocenters. The Bertz CT molecular complexity index is 1100. The molecule has 3 aliphatic rings. The maximum atomic E-state index is 13.6. The van der Waals surface area contributed by atoms with Gasteiger partial charge in [-0.1, -0.05) is 42.5 Å². The monoisotopic (exact) mass is 461 g/mol. The molecule has 1 N–H and O–H groups in total. The summed E-state index contributed by atoms with van der Waals surface area (Å²) in [5.41, 5.74) is 2.10. The zero-order valence-corrected chi connectivity index (χ0v) is 19.8. The molecular weight excluding hydrogens is 430 g/mol. The van der Waals surface area contributed by atoms with Crippen molar-refractivity contribution >= 4 is 17.8 Å². The van der Waals surface area contributed by atoms with Gasteiger partial charge in [0.05, 0.1) is 7.11 Å². The third kappa shape index (κ3) is 4.04. The Morgan fingerprint density at radius 1 is 1.18 bits per heavy atom. The number of nitrogens with one attached hydrogen (secondary N) is 1. The van der Waals surface area contributed by atoms with E-state index in [1.165, 1.54) is 0 Å². The summed E-state index contributed by atoms with van der Waals surface area (Å²) >= 11 is 0. The highest BCUT2D eigenvalue weighted by Gasteiger charge is 2.53. The number of methoxy groups -OCH3 is 1. The molecule has 34 heavy (non-hydrogen) atoms. The molecule has 1 heterocycles. The number of nitrogens with zero attached hydrogens (tertiary/aromatic N) is 2. The number of carbonyl (C=O) groups excluding carboxylic acids is 3. The predicted molar refractivity (Wildman–Crippen MR) is 127 cm³/mol. The van der Waals surface area contributed by atoms with E-state index in [9.17, 15) is 14.4 Å². The fourth-order valence-corrected chi connectivity index (χ4v) is 5.38. The van der Waals surface area contributed by atoms with Crippen LogP contribution >= 0.6 is 0 Å². The number of ether oxygens (including phenoxy) is 1. The molecule has 0 bridgehead atoms. The molecule has 2 aromatic carbocycles. The van der Waals surface area contributed by atoms with E-state index < -0.39 is 11.6 Å². The molecule has 1 aliphatic heterocycles. The Morgan fingerprint density at radius 3 is 2.65 bits per heavy atom. The Balaban J connectivity index is 1.35. The molecule has 4 amide bonds. The molecule has 0 aromatic heterocycles. The second-order valence-corrected chi connectivity index (χ2v) is 9.76. The number of carbonyl (C=O) groups is 3. The van der Waals surface area contributed by atoms with Crippen molar-refractivity contribution in [2.75, 3.05) is 13.7 Å². The highest BCUT2D eigenvalue weighted by Crippen LogP contribution is 2.38. The number of benzene rings is 2. The van der Waals surface area contributed by atoms with E-state index in [4.69, 9.17) is 4.74 Å². The SMILES string of the molecule is COc1cccc2c1CC1(CC2)NC(=O)N(CC(=O)N(Cc2ccccc2)C(C)C2CC2)C1=O. The molecule has 2 aromatic rings. The average Bonchev–Trinajstić information content (AvgIpc) is 3.67. The van der Waals surface area contributed by atoms with Crippen LogP contribution in [0.3, 0.4) is 0 Å². The van der Waals surface area contributed by atoms with Gasteiger partial charge in [-0.3, -0.25) is 14.5 Å². The highest BCUT2D eigenvalue weighted by atomic mass is 16.5. The summed E-state index contributed by atoms with van der Waals surface area (Å²) in [5.74, 6) is 0.684. The lowest BCUT2D eigenvalue weighted by molar-refractivity contribution is -0.141. The maximum absolute atomic E-state index is 13.6. The molecule has 2 fully saturated rings. The van der Waals surface area contributed by atoms with Crippen LogP contribution in [0.5, 0.6) is 5.75 Å². The van der Waals surface area contributed by atoms with Crippen LogP contribution in [0.2, 0.25) is 0 Å². The average molecular weight is 462 g/mol. The quantitative estimate of drug-likeness (QED) is 0.642. The minimum absolute atomic E-state index is 0.0632. The van der Waals surface area contributed by atoms with Gasteiger partial charge in [0.2, 0.25) is 5.91 Å². The van der Waals surface area contributed by atoms with Gasteiger partial charge in [0.15, 0.2) is 0 Å². The topological polar surface area (TPSA) is 79.0 Å². The number of rotatable bonds is 7. The lowest BCUT2D eigenvalue weighted by Gasteiger charge is -2.33. The van der Waals surface area contributed by atoms with Gasteiger partial charge in [-0.2, -0.15) is 0 Å². The lowest BCUT2D eigenvalue weighted by atomic mass is 9.77. The van der Waals surface area contributed by atoms with Gasteiger partial charge in [-0.25, -0.2) is 4.79 Å². The number of imide groups is 1. The molecule has 5 rings (SSSR count). The number of hydrogen-bond acceptors (Lipinski definition) is 4. The van der Waals surface area contributed by atoms with Crippen LogP contribution in [0.4, 0.5) is 4.79 Å². The van der Waals surface area contributed by atoms with Crippen molar-refractivity contribution in [3.05, 3.63) is 65.2 Å². The summed E-state index contributed by atoms with van der Waals surface area (Å²) in [6, 6.07) is 15.3. The number of amides is 4. The fraction of sp³-hybridized carbons (Fsp3) is 0.444. The van der Waals surface area contributed by atoms with Gasteiger partial charge in [-0.15, -0.1) is 0 Å². The second-order valence-electron chi connectivity index (χ2n) is 9.76. The second kappa shape index (κ2) is 8.78. The van der Waals surface area contributed by atoms with E-state index in [1.807, 2.05) is 53.4 Å². The van der Waals surface area contributed by atoms with E-state index in [1.54, 1.807) is 7.11 Å². The van der Waals surface area contributed by atoms with Crippen LogP contribution in [-0.2, 0) is 29.0 Å². The molecule has 1 spiro atoms. The van der Waals surface area contributed by atoms with Crippen molar-refractivity contribution in [2.24, 2.45) is 5.92 Å². The van der Waals surface area contributed by atoms with Gasteiger partial charge in [0, 0.05) is 24.6 Å². The first-order valence-corrected chi connectivity index (χ1v) is 12.0. The Labute approximate surface area is 200 Å². The summed E-state index contributed by atoms with van der Waals surface area (Å²) in [4.78, 5) is 42.9. The van der Waals surface area contributed by atoms with E-state index >= 15 is 0 Å². The molecule has 1 saturated carbocycles. The molecule has 7 nitrogen and oxygen atoms in total. The zero-order valence-electron chi connectivity index (χ0n) is 19.8. The molecule has 1 saturated heterocycles. The van der Waals surface area contributed by atoms with Gasteiger partial charge in [-0.05, 0) is 55.7 Å². The molecule has 2 aliphatic carbocycles. The van der Waals surface area contributed by atoms with Crippen molar-refractivity contribution in [3.8, 4) is 5.75 Å². The Hall–Kier alpha value is -3.35. The van der Waals surface area contributed by atoms with Crippen molar-refractivity contribution in [3.63, 3.8) is 0 Å². The summed E-state index contributed by atoms with van der Waals surface area (Å²) in [7, 11) is 1.61. The van der Waals surface area contributed by atoms with E-state index in [2.05, 4.69) is 12.2 Å². The number of urea groups is 1. The first kappa shape index (κ1) is 22.4. The normalized spacial score (nSPS) is 22.4. The molecule has 7 heteroatoms. The van der Waals surface area contributed by atoms with E-state index in [-0.39, 0.29) is 24.4 Å². The van der Waals surface area contributed by atoms with Crippen LogP contribution in [-0.4, -0.2) is 52.9 Å². The molecule has 178 valence electrons. The van der Waals surface area contributed by atoms with Crippen LogP contribution < -0.4 is 10.1 Å². The Morgan fingerprint density at radius 2 is 1.94 bits per heavy atom. The van der Waals surface area contributed by atoms with Crippen LogP contribution in [0.25, 0.3) is 0 Å². The molecular formula is C27H31N3O4. The lowest BCUT2D eigenvalue weighted by Crippen LogP contribution is -2.52. The Kier molecular flexibility index (Phi) is 5.80. The summed E-state index contributed by atoms with van der Waals surface area (Å²) in [5, 5.41) is 2.93. The summed E-state index contributed by atoms with van der Waals surface area (Å²) < 4.78 is 5.51. The van der Waals surface area contributed by atoms with Crippen molar-refractivity contribution < 1.29 is 19.1 Å². The summed E-state index contributed by atoms with van der Waals surface area (Å²) in [6.07, 6.45) is 3.75. The van der Waals surface area contributed by atoms with Crippen LogP contribution in [0.15, 0.2) is 48.5 Å². The van der Waals surface area contributed by atoms with Gasteiger partial charge in [0.1, 0.15) is 17.8 Å². The van der Waals surface area contributed by atoms with Crippen molar-refractivity contribution in [1.82, 2.24) is 15.1 Å². The van der Waals surface area contributed by atoms with Crippen LogP contribution in [0.1, 0.15) is 42.9 Å². The van der Waals surface area contributed by atoms with Gasteiger partial charge >= 0.3 is 6.03 Å². The first-order chi connectivity index (χ1) is 16.4. The van der Waals surface area contributed by atoms with Crippen molar-refractivity contribution in [2.45, 2.75) is 57.2 Å². The third-order valence-corrected chi connectivity index (χ3v) is 7.60. The minimum atomic E-state index is -1.02. The van der Waals surface area contributed by atoms with Gasteiger partial charge in [0.25, 0.3) is 5.91 Å². The predicted octanol–water partition coefficient (Wildman–Crippen LogP) is 3.30. The standard InChI is InChI=1S/C27H31N3O4/c1-18(20-11-12-20)29(16-19-7-4-3-5-8-19)24(31)17-30-25(32)27(28-26(30)33)14-13-21-9-6-10-23(34-2)22(21)15-27/h3-10,18,20H,11-17H2,1-2H3,(H,28,33). The molecule has 2 atom stereocenters. The van der Waals surface area contributed by atoms with E-state index in [0.717, 1.165) is 40.2 Å². The fourth-order valence-electron chi connectivity index (χ4n) is 5.38.